The van der Waals surface area contributed by atoms with Crippen LogP contribution in [0, 0.1) is 0 Å². The lowest BCUT2D eigenvalue weighted by Gasteiger charge is -2.12. The van der Waals surface area contributed by atoms with Crippen LogP contribution in [0.4, 0.5) is 0 Å². The molecule has 0 aliphatic carbocycles. The topological polar surface area (TPSA) is 60.9 Å². The van der Waals surface area contributed by atoms with E-state index in [2.05, 4.69) is 159 Å². The monoisotopic (exact) mass is 732 g/mol. The number of aliphatic imine (C=N–C) groups is 1. The highest BCUT2D eigenvalue weighted by Gasteiger charge is 2.17. The summed E-state index contributed by atoms with van der Waals surface area (Å²) >= 11 is 0. The van der Waals surface area contributed by atoms with Gasteiger partial charge in [-0.25, -0.2) is 9.97 Å². The zero-order chi connectivity index (χ0) is 38.3. The van der Waals surface area contributed by atoms with E-state index >= 15 is 0 Å². The van der Waals surface area contributed by atoms with Crippen molar-refractivity contribution in [1.82, 2.24) is 24.1 Å². The van der Waals surface area contributed by atoms with Crippen molar-refractivity contribution in [2.24, 2.45) is 4.99 Å². The Hall–Kier alpha value is -7.70. The van der Waals surface area contributed by atoms with Crippen molar-refractivity contribution in [3.8, 4) is 45.0 Å². The van der Waals surface area contributed by atoms with Crippen molar-refractivity contribution < 1.29 is 0 Å². The quantitative estimate of drug-likeness (QED) is 0.115. The molecule has 6 heteroatoms. The van der Waals surface area contributed by atoms with Crippen molar-refractivity contribution >= 4 is 56.2 Å². The van der Waals surface area contributed by atoms with Crippen molar-refractivity contribution in [3.05, 3.63) is 194 Å². The summed E-state index contributed by atoms with van der Waals surface area (Å²) in [5.41, 5.74) is 13.9. The lowest BCUT2D eigenvalue weighted by atomic mass is 10.0. The number of hydrogen-bond donors (Lipinski definition) is 0. The van der Waals surface area contributed by atoms with Crippen LogP contribution in [0.5, 0.6) is 0 Å². The van der Waals surface area contributed by atoms with Gasteiger partial charge in [-0.05, 0) is 115 Å². The minimum absolute atomic E-state index is 0.697. The number of nitrogens with zero attached hydrogens (tertiary/aromatic N) is 6. The van der Waals surface area contributed by atoms with E-state index in [1.165, 1.54) is 16.2 Å². The molecule has 0 aliphatic heterocycles. The van der Waals surface area contributed by atoms with E-state index in [-0.39, 0.29) is 0 Å². The van der Waals surface area contributed by atoms with Crippen LogP contribution in [-0.4, -0.2) is 30.8 Å². The number of pyridine rings is 3. The maximum absolute atomic E-state index is 5.09. The Morgan fingerprint density at radius 2 is 1.21 bits per heavy atom. The molecule has 6 nitrogen and oxygen atoms in total. The molecule has 10 rings (SSSR count). The minimum Gasteiger partial charge on any atom is -0.309 e. The molecule has 0 saturated carbocycles. The third-order valence-corrected chi connectivity index (χ3v) is 10.6. The van der Waals surface area contributed by atoms with Crippen molar-refractivity contribution in [1.29, 1.82) is 0 Å². The van der Waals surface area contributed by atoms with Gasteiger partial charge in [0.15, 0.2) is 0 Å². The van der Waals surface area contributed by atoms with E-state index in [1.807, 2.05) is 55.6 Å². The number of aromatic nitrogens is 5. The number of benzene rings is 5. The molecule has 0 bridgehead atoms. The fourth-order valence-corrected chi connectivity index (χ4v) is 7.95. The van der Waals surface area contributed by atoms with Gasteiger partial charge in [0.25, 0.3) is 0 Å². The zero-order valence-electron chi connectivity index (χ0n) is 31.3. The van der Waals surface area contributed by atoms with E-state index in [1.54, 1.807) is 6.20 Å². The molecule has 5 aromatic carbocycles. The Morgan fingerprint density at radius 3 is 1.96 bits per heavy atom. The van der Waals surface area contributed by atoms with Gasteiger partial charge in [-0.1, -0.05) is 91.0 Å². The Morgan fingerprint density at radius 1 is 0.544 bits per heavy atom. The van der Waals surface area contributed by atoms with Crippen LogP contribution < -0.4 is 0 Å². The van der Waals surface area contributed by atoms with Crippen LogP contribution in [-0.2, 0) is 0 Å². The Balaban J connectivity index is 1.07. The molecule has 0 amide bonds. The summed E-state index contributed by atoms with van der Waals surface area (Å²) < 4.78 is 4.60. The van der Waals surface area contributed by atoms with Crippen molar-refractivity contribution in [2.75, 3.05) is 0 Å². The average Bonchev–Trinajstić information content (AvgIpc) is 3.79. The smallest absolute Gasteiger partial charge is 0.145 e. The van der Waals surface area contributed by atoms with Gasteiger partial charge in [-0.15, -0.1) is 0 Å². The number of hydrogen-bond acceptors (Lipinski definition) is 4. The Labute approximate surface area is 330 Å². The van der Waals surface area contributed by atoms with E-state index in [4.69, 9.17) is 9.97 Å². The second-order valence-electron chi connectivity index (χ2n) is 14.0. The largest absolute Gasteiger partial charge is 0.309 e. The normalized spacial score (nSPS) is 12.1. The summed E-state index contributed by atoms with van der Waals surface area (Å²) in [6.45, 7) is 5.80. The summed E-state index contributed by atoms with van der Waals surface area (Å²) in [5.74, 6) is 0. The SMILES string of the molecule is C=N/C(=C\C=C/C)c1cc(-c2ccc(-n3c4ccccc4c4cc(-c5cnc6c(c5)c5ccccc5n6-c5ccccc5)ccc43)cc2)cc(-c2ccccn2)n1. The van der Waals surface area contributed by atoms with E-state index < -0.39 is 0 Å². The lowest BCUT2D eigenvalue weighted by Crippen LogP contribution is -1.96. The second kappa shape index (κ2) is 14.2. The van der Waals surface area contributed by atoms with Gasteiger partial charge in [0.2, 0.25) is 0 Å². The van der Waals surface area contributed by atoms with Crippen LogP contribution in [0.25, 0.3) is 94.5 Å². The van der Waals surface area contributed by atoms with Gasteiger partial charge in [0.05, 0.1) is 39.3 Å². The summed E-state index contributed by atoms with van der Waals surface area (Å²) in [4.78, 5) is 18.9. The molecule has 270 valence electrons. The molecule has 0 fully saturated rings. The predicted octanol–water partition coefficient (Wildman–Crippen LogP) is 12.7. The fraction of sp³-hybridized carbons (Fsp3) is 0.0196. The number of para-hydroxylation sites is 3. The highest BCUT2D eigenvalue weighted by atomic mass is 15.0. The Bertz CT molecular complexity index is 3190. The summed E-state index contributed by atoms with van der Waals surface area (Å²) in [7, 11) is 0. The van der Waals surface area contributed by atoms with Crippen molar-refractivity contribution in [3.63, 3.8) is 0 Å². The molecule has 0 spiro atoms. The third-order valence-electron chi connectivity index (χ3n) is 10.6. The van der Waals surface area contributed by atoms with E-state index in [9.17, 15) is 0 Å². The van der Waals surface area contributed by atoms with Gasteiger partial charge < -0.3 is 4.57 Å². The zero-order valence-corrected chi connectivity index (χ0v) is 31.3. The molecule has 0 aliphatic rings. The third kappa shape index (κ3) is 5.92. The summed E-state index contributed by atoms with van der Waals surface area (Å²) in [6, 6.07) is 55.5. The number of fused-ring (bicyclic) bond motifs is 6. The summed E-state index contributed by atoms with van der Waals surface area (Å²) in [6.07, 6.45) is 9.64. The molecule has 0 N–H and O–H groups in total. The van der Waals surface area contributed by atoms with Gasteiger partial charge in [-0.3, -0.25) is 14.5 Å². The molecule has 0 saturated heterocycles. The van der Waals surface area contributed by atoms with Crippen LogP contribution in [0.2, 0.25) is 0 Å². The standard InChI is InChI=1S/C51H36N6/c1-3-4-18-44(52-2)46-31-36(32-47(55-46)45-19-12-13-28-53-45)34-22-25-39(26-23-34)56-48-20-10-8-16-40(48)42-29-35(24-27-50(42)56)37-30-43-41-17-9-11-21-49(41)57(51(43)54-33-37)38-14-6-5-7-15-38/h3-33H,2H2,1H3/b4-3-,44-18-. The number of allylic oxidation sites excluding steroid dienone is 3. The first-order valence-electron chi connectivity index (χ1n) is 19.0. The Kier molecular flexibility index (Phi) is 8.42. The van der Waals surface area contributed by atoms with Crippen LogP contribution in [0.3, 0.4) is 0 Å². The molecular formula is C51H36N6. The molecule has 0 unspecified atom stereocenters. The molecule has 57 heavy (non-hydrogen) atoms. The highest BCUT2D eigenvalue weighted by Crippen LogP contribution is 2.38. The first kappa shape index (κ1) is 33.8. The summed E-state index contributed by atoms with van der Waals surface area (Å²) in [5, 5.41) is 4.71. The first-order chi connectivity index (χ1) is 28.2. The van der Waals surface area contributed by atoms with Crippen molar-refractivity contribution in [2.45, 2.75) is 6.92 Å². The second-order valence-corrected chi connectivity index (χ2v) is 14.0. The average molecular weight is 733 g/mol. The van der Waals surface area contributed by atoms with Gasteiger partial charge in [0.1, 0.15) is 5.65 Å². The maximum Gasteiger partial charge on any atom is 0.145 e. The molecule has 5 heterocycles. The van der Waals surface area contributed by atoms with Crippen LogP contribution in [0.1, 0.15) is 12.6 Å². The van der Waals surface area contributed by atoms with Crippen LogP contribution >= 0.6 is 0 Å². The van der Waals surface area contributed by atoms with E-state index in [0.717, 1.165) is 78.3 Å². The van der Waals surface area contributed by atoms with Gasteiger partial charge in [0, 0.05) is 50.9 Å². The minimum atomic E-state index is 0.697. The van der Waals surface area contributed by atoms with Crippen LogP contribution in [0.15, 0.2) is 193 Å². The maximum atomic E-state index is 5.09. The molecule has 10 aromatic rings. The number of rotatable bonds is 8. The lowest BCUT2D eigenvalue weighted by molar-refractivity contribution is 1.14. The van der Waals surface area contributed by atoms with E-state index in [0.29, 0.717) is 5.70 Å². The first-order valence-corrected chi connectivity index (χ1v) is 19.0. The van der Waals surface area contributed by atoms with Gasteiger partial charge in [-0.2, -0.15) is 0 Å². The van der Waals surface area contributed by atoms with Gasteiger partial charge >= 0.3 is 0 Å². The highest BCUT2D eigenvalue weighted by molar-refractivity contribution is 6.12. The molecule has 5 aromatic heterocycles. The molecule has 0 radical (unpaired) electrons. The fourth-order valence-electron chi connectivity index (χ4n) is 7.95. The molecule has 0 atom stereocenters. The predicted molar refractivity (Wildman–Crippen MR) is 237 cm³/mol. The molecular weight excluding hydrogens is 697 g/mol.